The van der Waals surface area contributed by atoms with Gasteiger partial charge in [0.05, 0.1) is 10.7 Å². The van der Waals surface area contributed by atoms with Gasteiger partial charge >= 0.3 is 0 Å². The van der Waals surface area contributed by atoms with Crippen LogP contribution in [0.15, 0.2) is 51.6 Å². The second-order valence-corrected chi connectivity index (χ2v) is 6.43. The Kier molecular flexibility index (Phi) is 5.08. The van der Waals surface area contributed by atoms with Crippen LogP contribution in [-0.4, -0.2) is 37.0 Å². The van der Waals surface area contributed by atoms with Gasteiger partial charge in [0.1, 0.15) is 5.76 Å². The highest BCUT2D eigenvalue weighted by atomic mass is 79.9. The summed E-state index contributed by atoms with van der Waals surface area (Å²) in [5.74, 6) is 0.649. The lowest BCUT2D eigenvalue weighted by Gasteiger charge is -2.36. The van der Waals surface area contributed by atoms with Gasteiger partial charge in [-0.1, -0.05) is 23.7 Å². The third kappa shape index (κ3) is 3.98. The van der Waals surface area contributed by atoms with Crippen molar-refractivity contribution in [3.8, 4) is 0 Å². The molecular formula is C17H16BrClN2O2. The summed E-state index contributed by atoms with van der Waals surface area (Å²) in [6.07, 6.45) is 3.24. The summed E-state index contributed by atoms with van der Waals surface area (Å²) in [4.78, 5) is 16.3. The molecule has 0 N–H and O–H groups in total. The molecule has 0 atom stereocenters. The van der Waals surface area contributed by atoms with E-state index in [-0.39, 0.29) is 5.91 Å². The van der Waals surface area contributed by atoms with Crippen molar-refractivity contribution in [1.82, 2.24) is 4.90 Å². The van der Waals surface area contributed by atoms with E-state index in [0.717, 1.165) is 23.8 Å². The minimum Gasteiger partial charge on any atom is -0.450 e. The minimum absolute atomic E-state index is 0.00340. The average Bonchev–Trinajstić information content (AvgIpc) is 2.99. The van der Waals surface area contributed by atoms with E-state index in [1.807, 2.05) is 35.2 Å². The Balaban J connectivity index is 1.57. The van der Waals surface area contributed by atoms with Gasteiger partial charge in [-0.05, 0) is 46.3 Å². The number of rotatable bonds is 3. The fourth-order valence-corrected chi connectivity index (χ4v) is 3.13. The first-order chi connectivity index (χ1) is 11.1. The Morgan fingerprint density at radius 3 is 2.52 bits per heavy atom. The van der Waals surface area contributed by atoms with Crippen LogP contribution in [0.5, 0.6) is 0 Å². The molecule has 4 nitrogen and oxygen atoms in total. The molecule has 0 saturated carbocycles. The molecule has 2 heterocycles. The number of piperazine rings is 1. The molecule has 1 aromatic carbocycles. The molecule has 120 valence electrons. The first-order valence-electron chi connectivity index (χ1n) is 7.35. The number of carbonyl (C=O) groups excluding carboxylic acids is 1. The molecule has 0 unspecified atom stereocenters. The molecule has 1 amide bonds. The molecular weight excluding hydrogens is 380 g/mol. The molecule has 6 heteroatoms. The zero-order chi connectivity index (χ0) is 16.2. The van der Waals surface area contributed by atoms with Gasteiger partial charge in [0, 0.05) is 32.3 Å². The van der Waals surface area contributed by atoms with Crippen LogP contribution in [0.4, 0.5) is 5.69 Å². The molecule has 1 saturated heterocycles. The third-order valence-corrected chi connectivity index (χ3v) is 4.51. The first-order valence-corrected chi connectivity index (χ1v) is 8.52. The maximum atomic E-state index is 12.2. The standard InChI is InChI=1S/C17H16BrClN2O2/c18-16-7-5-13(23-16)6-8-17(22)21-11-9-20(10-12-21)15-4-2-1-3-14(15)19/h1-8H,9-12H2/b8-6+. The van der Waals surface area contributed by atoms with Crippen LogP contribution in [0.2, 0.25) is 5.02 Å². The second kappa shape index (κ2) is 7.23. The number of hydrogen-bond donors (Lipinski definition) is 0. The number of furan rings is 1. The van der Waals surface area contributed by atoms with Gasteiger partial charge in [0.15, 0.2) is 4.67 Å². The van der Waals surface area contributed by atoms with Crippen LogP contribution in [-0.2, 0) is 4.79 Å². The van der Waals surface area contributed by atoms with E-state index in [1.54, 1.807) is 18.2 Å². The van der Waals surface area contributed by atoms with Crippen LogP contribution in [0.3, 0.4) is 0 Å². The van der Waals surface area contributed by atoms with Crippen molar-refractivity contribution in [2.45, 2.75) is 0 Å². The minimum atomic E-state index is -0.00340. The molecule has 23 heavy (non-hydrogen) atoms. The van der Waals surface area contributed by atoms with E-state index in [0.29, 0.717) is 23.5 Å². The topological polar surface area (TPSA) is 36.7 Å². The molecule has 0 radical (unpaired) electrons. The fraction of sp³-hybridized carbons (Fsp3) is 0.235. The molecule has 0 bridgehead atoms. The normalized spacial score (nSPS) is 15.4. The predicted octanol–water partition coefficient (Wildman–Crippen LogP) is 4.06. The van der Waals surface area contributed by atoms with E-state index in [2.05, 4.69) is 20.8 Å². The maximum absolute atomic E-state index is 12.2. The highest BCUT2D eigenvalue weighted by molar-refractivity contribution is 9.10. The van der Waals surface area contributed by atoms with E-state index >= 15 is 0 Å². The van der Waals surface area contributed by atoms with Crippen LogP contribution in [0.25, 0.3) is 6.08 Å². The zero-order valence-electron chi connectivity index (χ0n) is 12.4. The summed E-state index contributed by atoms with van der Waals surface area (Å²) < 4.78 is 6.00. The van der Waals surface area contributed by atoms with Crippen molar-refractivity contribution < 1.29 is 9.21 Å². The van der Waals surface area contributed by atoms with Crippen LogP contribution in [0, 0.1) is 0 Å². The molecule has 3 rings (SSSR count). The lowest BCUT2D eigenvalue weighted by molar-refractivity contribution is -0.126. The Hall–Kier alpha value is -1.72. The first kappa shape index (κ1) is 16.1. The number of nitrogens with zero attached hydrogens (tertiary/aromatic N) is 2. The van der Waals surface area contributed by atoms with E-state index in [4.69, 9.17) is 16.0 Å². The van der Waals surface area contributed by atoms with Crippen LogP contribution in [0.1, 0.15) is 5.76 Å². The summed E-state index contributed by atoms with van der Waals surface area (Å²) in [5, 5.41) is 0.746. The lowest BCUT2D eigenvalue weighted by atomic mass is 10.2. The number of amides is 1. The predicted molar refractivity (Wildman–Crippen MR) is 95.7 cm³/mol. The summed E-state index contributed by atoms with van der Waals surface area (Å²) in [7, 11) is 0. The molecule has 0 aliphatic carbocycles. The summed E-state index contributed by atoms with van der Waals surface area (Å²) in [6.45, 7) is 2.90. The Bertz CT molecular complexity index is 721. The van der Waals surface area contributed by atoms with E-state index < -0.39 is 0 Å². The molecule has 1 aliphatic rings. The summed E-state index contributed by atoms with van der Waals surface area (Å²) in [5.41, 5.74) is 1.03. The van der Waals surface area contributed by atoms with Gasteiger partial charge in [-0.25, -0.2) is 0 Å². The van der Waals surface area contributed by atoms with Crippen LogP contribution < -0.4 is 4.90 Å². The molecule has 1 fully saturated rings. The van der Waals surface area contributed by atoms with Crippen molar-refractivity contribution in [2.24, 2.45) is 0 Å². The second-order valence-electron chi connectivity index (χ2n) is 5.24. The number of hydrogen-bond acceptors (Lipinski definition) is 3. The highest BCUT2D eigenvalue weighted by Crippen LogP contribution is 2.26. The number of benzene rings is 1. The highest BCUT2D eigenvalue weighted by Gasteiger charge is 2.20. The number of halogens is 2. The van der Waals surface area contributed by atoms with Gasteiger partial charge in [0.25, 0.3) is 0 Å². The van der Waals surface area contributed by atoms with Gasteiger partial charge in [-0.2, -0.15) is 0 Å². The van der Waals surface area contributed by atoms with Crippen molar-refractivity contribution in [2.75, 3.05) is 31.1 Å². The quantitative estimate of drug-likeness (QED) is 0.736. The average molecular weight is 396 g/mol. The van der Waals surface area contributed by atoms with Gasteiger partial charge in [-0.15, -0.1) is 0 Å². The number of para-hydroxylation sites is 1. The molecule has 1 aromatic heterocycles. The van der Waals surface area contributed by atoms with E-state index in [9.17, 15) is 4.79 Å². The van der Waals surface area contributed by atoms with Crippen molar-refractivity contribution in [3.05, 3.63) is 57.9 Å². The Labute approximate surface area is 148 Å². The molecule has 0 spiro atoms. The van der Waals surface area contributed by atoms with Crippen molar-refractivity contribution in [3.63, 3.8) is 0 Å². The van der Waals surface area contributed by atoms with E-state index in [1.165, 1.54) is 0 Å². The van der Waals surface area contributed by atoms with Gasteiger partial charge in [-0.3, -0.25) is 4.79 Å². The number of anilines is 1. The lowest BCUT2D eigenvalue weighted by Crippen LogP contribution is -2.48. The zero-order valence-corrected chi connectivity index (χ0v) is 14.8. The molecule has 1 aliphatic heterocycles. The number of carbonyl (C=O) groups is 1. The monoisotopic (exact) mass is 394 g/mol. The summed E-state index contributed by atoms with van der Waals surface area (Å²) in [6, 6.07) is 11.4. The van der Waals surface area contributed by atoms with Crippen molar-refractivity contribution >= 4 is 45.2 Å². The Morgan fingerprint density at radius 2 is 1.87 bits per heavy atom. The Morgan fingerprint density at radius 1 is 1.13 bits per heavy atom. The SMILES string of the molecule is O=C(/C=C/c1ccc(Br)o1)N1CCN(c2ccccc2Cl)CC1. The van der Waals surface area contributed by atoms with Gasteiger partial charge in [0.2, 0.25) is 5.91 Å². The van der Waals surface area contributed by atoms with Crippen molar-refractivity contribution in [1.29, 1.82) is 0 Å². The summed E-state index contributed by atoms with van der Waals surface area (Å²) >= 11 is 9.47. The maximum Gasteiger partial charge on any atom is 0.246 e. The smallest absolute Gasteiger partial charge is 0.246 e. The third-order valence-electron chi connectivity index (χ3n) is 3.77. The van der Waals surface area contributed by atoms with Gasteiger partial charge < -0.3 is 14.2 Å². The molecule has 2 aromatic rings. The van der Waals surface area contributed by atoms with Crippen LogP contribution >= 0.6 is 27.5 Å². The largest absolute Gasteiger partial charge is 0.450 e. The fourth-order valence-electron chi connectivity index (χ4n) is 2.55.